The van der Waals surface area contributed by atoms with Gasteiger partial charge in [0.1, 0.15) is 11.9 Å². The van der Waals surface area contributed by atoms with E-state index in [1.54, 1.807) is 7.11 Å². The molecule has 1 aliphatic rings. The number of nitrogens with one attached hydrogen (secondary N) is 1. The van der Waals surface area contributed by atoms with Gasteiger partial charge in [0.25, 0.3) is 0 Å². The van der Waals surface area contributed by atoms with Gasteiger partial charge in [-0.25, -0.2) is 0 Å². The largest absolute Gasteiger partial charge is 0.496 e. The van der Waals surface area contributed by atoms with Crippen LogP contribution in [0.1, 0.15) is 11.7 Å². The molecule has 0 amide bonds. The Morgan fingerprint density at radius 3 is 3.08 bits per heavy atom. The molecular formula is C9H10BrNO2. The first-order valence-corrected chi connectivity index (χ1v) is 4.81. The number of benzene rings is 1. The first-order valence-electron chi connectivity index (χ1n) is 4.02. The van der Waals surface area contributed by atoms with Gasteiger partial charge >= 0.3 is 0 Å². The number of β-amino-alcohol motifs (C(OH)–C–C–N with tert-alkyl or cyclic N) is 1. The third-order valence-electron chi connectivity index (χ3n) is 2.18. The number of ether oxygens (including phenoxy) is 1. The van der Waals surface area contributed by atoms with Crippen LogP contribution in [0.25, 0.3) is 0 Å². The molecule has 0 saturated carbocycles. The number of aliphatic hydroxyl groups excluding tert-OH is 1. The van der Waals surface area contributed by atoms with Crippen molar-refractivity contribution in [1.29, 1.82) is 0 Å². The van der Waals surface area contributed by atoms with Gasteiger partial charge in [-0.1, -0.05) is 0 Å². The molecule has 1 aromatic rings. The highest BCUT2D eigenvalue weighted by atomic mass is 79.9. The van der Waals surface area contributed by atoms with Crippen LogP contribution in [-0.4, -0.2) is 18.8 Å². The van der Waals surface area contributed by atoms with E-state index in [1.165, 1.54) is 0 Å². The van der Waals surface area contributed by atoms with Crippen molar-refractivity contribution in [2.24, 2.45) is 0 Å². The third kappa shape index (κ3) is 1.30. The average Bonchev–Trinajstić information content (AvgIpc) is 2.51. The van der Waals surface area contributed by atoms with E-state index in [4.69, 9.17) is 4.74 Å². The molecule has 0 saturated heterocycles. The average molecular weight is 244 g/mol. The van der Waals surface area contributed by atoms with Gasteiger partial charge in [-0.3, -0.25) is 0 Å². The molecule has 0 aromatic heterocycles. The van der Waals surface area contributed by atoms with Crippen LogP contribution >= 0.6 is 15.9 Å². The summed E-state index contributed by atoms with van der Waals surface area (Å²) in [5, 5.41) is 12.8. The predicted molar refractivity (Wildman–Crippen MR) is 54.1 cm³/mol. The molecule has 13 heavy (non-hydrogen) atoms. The van der Waals surface area contributed by atoms with Gasteiger partial charge in [-0.2, -0.15) is 0 Å². The maximum Gasteiger partial charge on any atom is 0.126 e. The zero-order valence-corrected chi connectivity index (χ0v) is 8.76. The van der Waals surface area contributed by atoms with Crippen molar-refractivity contribution in [3.8, 4) is 5.75 Å². The van der Waals surface area contributed by atoms with Crippen LogP contribution in [0.2, 0.25) is 0 Å². The van der Waals surface area contributed by atoms with E-state index in [0.29, 0.717) is 6.54 Å². The molecule has 0 radical (unpaired) electrons. The molecule has 1 aromatic carbocycles. The molecule has 1 atom stereocenters. The van der Waals surface area contributed by atoms with Crippen LogP contribution in [0.15, 0.2) is 16.6 Å². The van der Waals surface area contributed by atoms with Gasteiger partial charge in [-0.15, -0.1) is 0 Å². The summed E-state index contributed by atoms with van der Waals surface area (Å²) in [4.78, 5) is 0. The fourth-order valence-corrected chi connectivity index (χ4v) is 2.05. The van der Waals surface area contributed by atoms with Gasteiger partial charge in [0, 0.05) is 16.6 Å². The Morgan fingerprint density at radius 1 is 1.62 bits per heavy atom. The monoisotopic (exact) mass is 243 g/mol. The van der Waals surface area contributed by atoms with Crippen LogP contribution in [0, 0.1) is 0 Å². The molecule has 0 spiro atoms. The van der Waals surface area contributed by atoms with Gasteiger partial charge < -0.3 is 15.2 Å². The van der Waals surface area contributed by atoms with Crippen LogP contribution < -0.4 is 10.1 Å². The van der Waals surface area contributed by atoms with Crippen molar-refractivity contribution in [2.45, 2.75) is 6.10 Å². The van der Waals surface area contributed by atoms with Crippen molar-refractivity contribution < 1.29 is 9.84 Å². The lowest BCUT2D eigenvalue weighted by atomic mass is 10.1. The molecule has 3 nitrogen and oxygen atoms in total. The number of hydrogen-bond acceptors (Lipinski definition) is 3. The Labute approximate surface area is 84.8 Å². The van der Waals surface area contributed by atoms with Gasteiger partial charge in [-0.05, 0) is 28.1 Å². The van der Waals surface area contributed by atoms with E-state index >= 15 is 0 Å². The van der Waals surface area contributed by atoms with Crippen molar-refractivity contribution in [2.75, 3.05) is 19.0 Å². The third-order valence-corrected chi connectivity index (χ3v) is 2.84. The van der Waals surface area contributed by atoms with E-state index in [9.17, 15) is 5.11 Å². The highest BCUT2D eigenvalue weighted by Gasteiger charge is 2.25. The number of aliphatic hydroxyl groups is 1. The summed E-state index contributed by atoms with van der Waals surface area (Å²) in [7, 11) is 1.61. The van der Waals surface area contributed by atoms with Crippen LogP contribution in [0.3, 0.4) is 0 Å². The fraction of sp³-hybridized carbons (Fsp3) is 0.333. The lowest BCUT2D eigenvalue weighted by molar-refractivity contribution is 0.195. The van der Waals surface area contributed by atoms with Crippen LogP contribution in [0.4, 0.5) is 5.69 Å². The minimum absolute atomic E-state index is 0.470. The van der Waals surface area contributed by atoms with Crippen molar-refractivity contribution in [1.82, 2.24) is 0 Å². The predicted octanol–water partition coefficient (Wildman–Crippen LogP) is 1.92. The second kappa shape index (κ2) is 3.20. The SMILES string of the molecule is COc1ccc(Br)c2c1[C@H](O)CN2. The second-order valence-corrected chi connectivity index (χ2v) is 3.79. The first kappa shape index (κ1) is 8.84. The Kier molecular flexibility index (Phi) is 2.17. The molecule has 1 heterocycles. The summed E-state index contributed by atoms with van der Waals surface area (Å²) in [5.41, 5.74) is 1.78. The number of rotatable bonds is 1. The van der Waals surface area contributed by atoms with E-state index in [1.807, 2.05) is 12.1 Å². The smallest absolute Gasteiger partial charge is 0.126 e. The van der Waals surface area contributed by atoms with Gasteiger partial charge in [0.05, 0.1) is 12.8 Å². The maximum atomic E-state index is 9.65. The van der Waals surface area contributed by atoms with Crippen LogP contribution in [0.5, 0.6) is 5.75 Å². The van der Waals surface area contributed by atoms with Crippen molar-refractivity contribution in [3.63, 3.8) is 0 Å². The maximum absolute atomic E-state index is 9.65. The van der Waals surface area contributed by atoms with Gasteiger partial charge in [0.15, 0.2) is 0 Å². The quantitative estimate of drug-likeness (QED) is 0.792. The zero-order valence-electron chi connectivity index (χ0n) is 7.17. The van der Waals surface area contributed by atoms with E-state index < -0.39 is 6.10 Å². The molecule has 2 N–H and O–H groups in total. The highest BCUT2D eigenvalue weighted by molar-refractivity contribution is 9.10. The van der Waals surface area contributed by atoms with E-state index in [0.717, 1.165) is 21.5 Å². The summed E-state index contributed by atoms with van der Waals surface area (Å²) in [6.07, 6.45) is -0.470. The number of methoxy groups -OCH3 is 1. The Balaban J connectivity index is 2.60. The molecule has 4 heteroatoms. The number of fused-ring (bicyclic) bond motifs is 1. The molecule has 70 valence electrons. The topological polar surface area (TPSA) is 41.5 Å². The second-order valence-electron chi connectivity index (χ2n) is 2.94. The minimum Gasteiger partial charge on any atom is -0.496 e. The summed E-state index contributed by atoms with van der Waals surface area (Å²) in [6, 6.07) is 3.75. The normalized spacial score (nSPS) is 19.5. The summed E-state index contributed by atoms with van der Waals surface area (Å²) < 4.78 is 6.12. The molecule has 1 aliphatic heterocycles. The van der Waals surface area contributed by atoms with Crippen molar-refractivity contribution in [3.05, 3.63) is 22.2 Å². The minimum atomic E-state index is -0.470. The van der Waals surface area contributed by atoms with Crippen LogP contribution in [-0.2, 0) is 0 Å². The Bertz CT molecular complexity index is 341. The standard InChI is InChI=1S/C9H10BrNO2/c1-13-7-3-2-5(10)9-8(7)6(12)4-11-9/h2-3,6,11-12H,4H2,1H3/t6-/m1/s1. The first-order chi connectivity index (χ1) is 6.24. The molecule has 0 fully saturated rings. The molecule has 0 unspecified atom stereocenters. The lowest BCUT2D eigenvalue weighted by Gasteiger charge is -2.09. The fourth-order valence-electron chi connectivity index (χ4n) is 1.56. The molecular weight excluding hydrogens is 234 g/mol. The number of hydrogen-bond donors (Lipinski definition) is 2. The van der Waals surface area contributed by atoms with Crippen molar-refractivity contribution >= 4 is 21.6 Å². The Morgan fingerprint density at radius 2 is 2.38 bits per heavy atom. The molecule has 0 bridgehead atoms. The zero-order chi connectivity index (χ0) is 9.42. The molecule has 0 aliphatic carbocycles. The van der Waals surface area contributed by atoms with E-state index in [2.05, 4.69) is 21.2 Å². The highest BCUT2D eigenvalue weighted by Crippen LogP contribution is 2.41. The summed E-state index contributed by atoms with van der Waals surface area (Å²) in [5.74, 6) is 0.732. The number of halogens is 1. The van der Waals surface area contributed by atoms with Gasteiger partial charge in [0.2, 0.25) is 0 Å². The summed E-state index contributed by atoms with van der Waals surface area (Å²) in [6.45, 7) is 0.550. The summed E-state index contributed by atoms with van der Waals surface area (Å²) >= 11 is 3.41. The lowest BCUT2D eigenvalue weighted by Crippen LogP contribution is -2.00. The Hall–Kier alpha value is -0.740. The van der Waals surface area contributed by atoms with E-state index in [-0.39, 0.29) is 0 Å². The number of anilines is 1. The molecule has 2 rings (SSSR count).